The van der Waals surface area contributed by atoms with E-state index in [9.17, 15) is 13.2 Å². The van der Waals surface area contributed by atoms with Crippen molar-refractivity contribution in [1.29, 1.82) is 0 Å². The summed E-state index contributed by atoms with van der Waals surface area (Å²) in [6.45, 7) is 4.40. The highest BCUT2D eigenvalue weighted by Crippen LogP contribution is 2.45. The second-order valence-electron chi connectivity index (χ2n) is 14.5. The lowest BCUT2D eigenvalue weighted by Crippen LogP contribution is -2.49. The number of halogens is 1. The number of carbonyl (C=O) groups is 1. The van der Waals surface area contributed by atoms with Gasteiger partial charge in [0.1, 0.15) is 5.82 Å². The summed E-state index contributed by atoms with van der Waals surface area (Å²) < 4.78 is 31.0. The van der Waals surface area contributed by atoms with Crippen molar-refractivity contribution < 1.29 is 13.2 Å². The van der Waals surface area contributed by atoms with E-state index in [4.69, 9.17) is 16.6 Å². The number of benzene rings is 3. The minimum atomic E-state index is -3.69. The monoisotopic (exact) mass is 685 g/mol. The first-order valence-electron chi connectivity index (χ1n) is 17.6. The van der Waals surface area contributed by atoms with E-state index in [1.54, 1.807) is 0 Å². The zero-order valence-corrected chi connectivity index (χ0v) is 29.1. The Hall–Kier alpha value is -3.24. The van der Waals surface area contributed by atoms with Crippen molar-refractivity contribution >= 4 is 38.6 Å². The third kappa shape index (κ3) is 5.97. The molecule has 3 saturated heterocycles. The third-order valence-corrected chi connectivity index (χ3v) is 13.5. The van der Waals surface area contributed by atoms with Gasteiger partial charge in [-0.15, -0.1) is 0 Å². The van der Waals surface area contributed by atoms with E-state index in [0.29, 0.717) is 31.2 Å². The number of nitrogens with zero attached hydrogens (tertiary/aromatic N) is 4. The van der Waals surface area contributed by atoms with E-state index in [1.807, 2.05) is 4.90 Å². The van der Waals surface area contributed by atoms with Crippen LogP contribution in [0.2, 0.25) is 5.02 Å². The fourth-order valence-electron chi connectivity index (χ4n) is 8.90. The minimum absolute atomic E-state index is 0.0131. The Labute approximate surface area is 288 Å². The molecule has 48 heavy (non-hydrogen) atoms. The molecule has 3 atom stereocenters. The predicted octanol–water partition coefficient (Wildman–Crippen LogP) is 6.87. The first-order chi connectivity index (χ1) is 23.2. The van der Waals surface area contributed by atoms with Gasteiger partial charge >= 0.3 is 0 Å². The van der Waals surface area contributed by atoms with Crippen LogP contribution >= 0.6 is 11.6 Å². The lowest BCUT2D eigenvalue weighted by Gasteiger charge is -2.45. The summed E-state index contributed by atoms with van der Waals surface area (Å²) in [5.41, 5.74) is 3.90. The number of nitrogens with one attached hydrogen (secondary N) is 1. The number of hydrogen-bond donors (Lipinski definition) is 1. The molecule has 0 radical (unpaired) electrons. The van der Waals surface area contributed by atoms with Crippen LogP contribution in [0.1, 0.15) is 85.6 Å². The van der Waals surface area contributed by atoms with Crippen molar-refractivity contribution in [3.63, 3.8) is 0 Å². The Morgan fingerprint density at radius 3 is 2.31 bits per heavy atom. The van der Waals surface area contributed by atoms with Crippen LogP contribution in [0.5, 0.6) is 0 Å². The first kappa shape index (κ1) is 32.0. The number of amides is 1. The van der Waals surface area contributed by atoms with Gasteiger partial charge in [0.2, 0.25) is 10.0 Å². The van der Waals surface area contributed by atoms with Crippen LogP contribution in [0.25, 0.3) is 11.0 Å². The number of fused-ring (bicyclic) bond motifs is 3. The Balaban J connectivity index is 0.971. The molecule has 1 saturated carbocycles. The summed E-state index contributed by atoms with van der Waals surface area (Å²) in [4.78, 5) is 23.5. The van der Waals surface area contributed by atoms with Crippen LogP contribution in [0.3, 0.4) is 0 Å². The molecule has 4 aromatic rings. The molecule has 1 amide bonds. The fraction of sp³-hybridized carbons (Fsp3) is 0.474. The third-order valence-electron chi connectivity index (χ3n) is 11.6. The van der Waals surface area contributed by atoms with Gasteiger partial charge in [-0.3, -0.25) is 9.69 Å². The average molecular weight is 686 g/mol. The van der Waals surface area contributed by atoms with E-state index in [1.165, 1.54) is 42.1 Å². The van der Waals surface area contributed by atoms with Crippen molar-refractivity contribution in [2.24, 2.45) is 0 Å². The topological polar surface area (TPSA) is 87.5 Å². The molecule has 1 N–H and O–H groups in total. The Kier molecular flexibility index (Phi) is 8.38. The first-order valence-corrected chi connectivity index (χ1v) is 19.4. The summed E-state index contributed by atoms with van der Waals surface area (Å²) >= 11 is 6.51. The van der Waals surface area contributed by atoms with Gasteiger partial charge in [-0.2, -0.15) is 0 Å². The van der Waals surface area contributed by atoms with Gasteiger partial charge < -0.3 is 9.47 Å². The number of rotatable bonds is 9. The maximum Gasteiger partial charge on any atom is 0.255 e. The number of sulfonamides is 1. The van der Waals surface area contributed by atoms with Crippen molar-refractivity contribution in [3.8, 4) is 0 Å². The van der Waals surface area contributed by atoms with Gasteiger partial charge in [0, 0.05) is 37.3 Å². The standard InChI is InChI=1S/C38H44ClN5O3S/c1-26-40-35-9-5-6-10-36(35)44(26)31-23-29-13-14-30(24-31)43(29)22-19-38(27-7-3-2-4-8-27)17-20-42(21-18-38)37(45)33-25-32(15-16-34(33)39)48(46,47)41-28-11-12-28/h2-10,15-16,25,28-31,41H,11-14,17-24H2,1H3/t29-,30+,31?. The number of aryl methyl sites for hydroxylation is 1. The molecule has 4 heterocycles. The molecule has 1 unspecified atom stereocenters. The van der Waals surface area contributed by atoms with Crippen molar-refractivity contribution in [3.05, 3.63) is 94.8 Å². The molecule has 252 valence electrons. The largest absolute Gasteiger partial charge is 0.339 e. The van der Waals surface area contributed by atoms with E-state index in [-0.39, 0.29) is 32.8 Å². The summed E-state index contributed by atoms with van der Waals surface area (Å²) in [5, 5.41) is 0.281. The highest BCUT2D eigenvalue weighted by molar-refractivity contribution is 7.89. The van der Waals surface area contributed by atoms with Gasteiger partial charge in [-0.1, -0.05) is 54.1 Å². The SMILES string of the molecule is Cc1nc2ccccc2n1C1C[C@H]2CC[C@@H](C1)N2CCC1(c2ccccc2)CCN(C(=O)c2cc(S(=O)(=O)NC3CC3)ccc2Cl)CC1. The Morgan fingerprint density at radius 1 is 0.917 bits per heavy atom. The molecular weight excluding hydrogens is 642 g/mol. The second-order valence-corrected chi connectivity index (χ2v) is 16.6. The molecule has 10 heteroatoms. The van der Waals surface area contributed by atoms with Crippen LogP contribution in [-0.4, -0.2) is 71.4 Å². The van der Waals surface area contributed by atoms with Gasteiger partial charge in [0.05, 0.1) is 26.5 Å². The van der Waals surface area contributed by atoms with Crippen LogP contribution in [0.15, 0.2) is 77.7 Å². The molecule has 1 aliphatic carbocycles. The normalized spacial score (nSPS) is 24.3. The number of hydrogen-bond acceptors (Lipinski definition) is 5. The molecule has 1 aromatic heterocycles. The van der Waals surface area contributed by atoms with Gasteiger partial charge in [-0.25, -0.2) is 18.1 Å². The van der Waals surface area contributed by atoms with Gasteiger partial charge in [0.15, 0.2) is 0 Å². The van der Waals surface area contributed by atoms with Crippen LogP contribution in [0, 0.1) is 6.92 Å². The average Bonchev–Trinajstić information content (AvgIpc) is 3.78. The summed E-state index contributed by atoms with van der Waals surface area (Å²) in [6.07, 6.45) is 9.26. The highest BCUT2D eigenvalue weighted by atomic mass is 35.5. The van der Waals surface area contributed by atoms with Gasteiger partial charge in [0.25, 0.3) is 5.91 Å². The van der Waals surface area contributed by atoms with Crippen molar-refractivity contribution in [2.45, 2.75) is 99.2 Å². The minimum Gasteiger partial charge on any atom is -0.339 e. The van der Waals surface area contributed by atoms with Crippen molar-refractivity contribution in [2.75, 3.05) is 19.6 Å². The molecule has 8 nitrogen and oxygen atoms in total. The Bertz CT molecular complexity index is 1920. The molecule has 8 rings (SSSR count). The van der Waals surface area contributed by atoms with Crippen LogP contribution in [0.4, 0.5) is 0 Å². The summed E-state index contributed by atoms with van der Waals surface area (Å²) in [6, 6.07) is 25.4. The smallest absolute Gasteiger partial charge is 0.255 e. The molecule has 2 bridgehead atoms. The number of carbonyl (C=O) groups excluding carboxylic acids is 1. The second kappa shape index (κ2) is 12.6. The van der Waals surface area contributed by atoms with E-state index in [2.05, 4.69) is 75.7 Å². The zero-order valence-electron chi connectivity index (χ0n) is 27.5. The molecule has 4 fully saturated rings. The highest BCUT2D eigenvalue weighted by Gasteiger charge is 2.44. The lowest BCUT2D eigenvalue weighted by molar-refractivity contribution is 0.0607. The number of imidazole rings is 1. The Morgan fingerprint density at radius 2 is 1.60 bits per heavy atom. The summed E-state index contributed by atoms with van der Waals surface area (Å²) in [7, 11) is -3.69. The van der Waals surface area contributed by atoms with Gasteiger partial charge in [-0.05, 0) is 113 Å². The molecule has 0 spiro atoms. The lowest BCUT2D eigenvalue weighted by atomic mass is 9.70. The maximum atomic E-state index is 13.8. The van der Waals surface area contributed by atoms with E-state index in [0.717, 1.165) is 62.8 Å². The number of likely N-dealkylation sites (tertiary alicyclic amines) is 1. The van der Waals surface area contributed by atoms with Crippen LogP contribution < -0.4 is 4.72 Å². The van der Waals surface area contributed by atoms with Crippen LogP contribution in [-0.2, 0) is 15.4 Å². The van der Waals surface area contributed by atoms with E-state index >= 15 is 0 Å². The van der Waals surface area contributed by atoms with Crippen molar-refractivity contribution in [1.82, 2.24) is 24.1 Å². The zero-order chi connectivity index (χ0) is 33.0. The number of aromatic nitrogens is 2. The van der Waals surface area contributed by atoms with E-state index < -0.39 is 10.0 Å². The predicted molar refractivity (Wildman–Crippen MR) is 189 cm³/mol. The maximum absolute atomic E-state index is 13.8. The number of piperidine rings is 2. The quantitative estimate of drug-likeness (QED) is 0.208. The summed E-state index contributed by atoms with van der Waals surface area (Å²) in [5.74, 6) is 0.913. The number of para-hydroxylation sites is 2. The molecule has 3 aromatic carbocycles. The fourth-order valence-corrected chi connectivity index (χ4v) is 10.4. The molecule has 3 aliphatic heterocycles. The molecule has 4 aliphatic rings. The molecular formula is C38H44ClN5O3S.